The molecule has 8 heteroatoms. The van der Waals surface area contributed by atoms with Crippen molar-refractivity contribution in [2.45, 2.75) is 6.18 Å². The maximum absolute atomic E-state index is 11.6. The van der Waals surface area contributed by atoms with Crippen molar-refractivity contribution in [3.05, 3.63) is 22.4 Å². The van der Waals surface area contributed by atoms with Gasteiger partial charge in [-0.25, -0.2) is 9.59 Å². The molecule has 0 fully saturated rings. The predicted molar refractivity (Wildman–Crippen MR) is 40.8 cm³/mol. The van der Waals surface area contributed by atoms with Crippen LogP contribution in [0.15, 0.2) is 17.5 Å². The van der Waals surface area contributed by atoms with Crippen LogP contribution in [0.2, 0.25) is 0 Å². The number of ether oxygens (including phenoxy) is 1. The van der Waals surface area contributed by atoms with E-state index in [1.54, 1.807) is 0 Å². The van der Waals surface area contributed by atoms with Crippen LogP contribution in [0.25, 0.3) is 0 Å². The Morgan fingerprint density at radius 2 is 1.93 bits per heavy atom. The summed E-state index contributed by atoms with van der Waals surface area (Å²) in [5.74, 6) is -3.79. The van der Waals surface area contributed by atoms with Crippen LogP contribution < -0.4 is 0 Å². The first-order valence-electron chi connectivity index (χ1n) is 3.28. The fourth-order valence-corrected chi connectivity index (χ4v) is 1.19. The van der Waals surface area contributed by atoms with E-state index in [1.807, 2.05) is 0 Å². The number of carbonyl (C=O) groups is 2. The zero-order chi connectivity index (χ0) is 10.8. The molecule has 80 valence electrons. The molecule has 3 nitrogen and oxygen atoms in total. The van der Waals surface area contributed by atoms with Crippen LogP contribution in [0.4, 0.5) is 13.2 Å². The normalized spacial score (nSPS) is 10.3. The van der Waals surface area contributed by atoms with Gasteiger partial charge >= 0.3 is 67.5 Å². The van der Waals surface area contributed by atoms with Crippen molar-refractivity contribution in [1.82, 2.24) is 0 Å². The van der Waals surface area contributed by atoms with Crippen molar-refractivity contribution in [1.29, 1.82) is 0 Å². The number of esters is 2. The van der Waals surface area contributed by atoms with Crippen LogP contribution in [0.1, 0.15) is 9.67 Å². The molecular weight excluding hydrogens is 373 g/mol. The summed E-state index contributed by atoms with van der Waals surface area (Å²) in [5.41, 5.74) is 0. The second-order valence-electron chi connectivity index (χ2n) is 2.15. The van der Waals surface area contributed by atoms with Crippen molar-refractivity contribution in [3.63, 3.8) is 0 Å². The standard InChI is InChI=1S/C7H3F3O3S.Eu/c8-7(9,10)6(12)13-5(11)4-2-1-3-14-4;/h1-3H;/q;+3. The summed E-state index contributed by atoms with van der Waals surface area (Å²) in [5, 5.41) is 1.48. The molecular formula is C7H3EuF3O3S+3. The maximum atomic E-state index is 11.6. The second kappa shape index (κ2) is 6.07. The molecule has 0 aliphatic rings. The Bertz CT molecular complexity index is 347. The van der Waals surface area contributed by atoms with Gasteiger partial charge in [0.15, 0.2) is 0 Å². The van der Waals surface area contributed by atoms with Gasteiger partial charge in [0.25, 0.3) is 0 Å². The molecule has 0 spiro atoms. The van der Waals surface area contributed by atoms with E-state index < -0.39 is 18.1 Å². The smallest absolute Gasteiger partial charge is 0.382 e. The van der Waals surface area contributed by atoms with Gasteiger partial charge in [-0.05, 0) is 11.4 Å². The summed E-state index contributed by atoms with van der Waals surface area (Å²) < 4.78 is 38.5. The predicted octanol–water partition coefficient (Wildman–Crippen LogP) is 1.99. The third-order valence-electron chi connectivity index (χ3n) is 1.14. The molecule has 0 atom stereocenters. The van der Waals surface area contributed by atoms with Gasteiger partial charge in [-0.2, -0.15) is 13.2 Å². The number of rotatable bonds is 1. The largest absolute Gasteiger partial charge is 3.00 e. The average Bonchev–Trinajstić information content (AvgIpc) is 2.53. The summed E-state index contributed by atoms with van der Waals surface area (Å²) in [6, 6.07) is 2.72. The number of carbonyl (C=O) groups excluding carboxylic acids is 2. The summed E-state index contributed by atoms with van der Waals surface area (Å²) in [4.78, 5) is 21.0. The topological polar surface area (TPSA) is 43.4 Å². The number of halogens is 3. The summed E-state index contributed by atoms with van der Waals surface area (Å²) in [6.45, 7) is 0. The van der Waals surface area contributed by atoms with E-state index in [4.69, 9.17) is 0 Å². The van der Waals surface area contributed by atoms with Crippen molar-refractivity contribution < 1.29 is 76.9 Å². The molecule has 0 saturated carbocycles. The van der Waals surface area contributed by atoms with Gasteiger partial charge in [0.05, 0.1) is 0 Å². The molecule has 0 amide bonds. The molecule has 0 radical (unpaired) electrons. The third-order valence-corrected chi connectivity index (χ3v) is 1.99. The third kappa shape index (κ3) is 4.71. The minimum Gasteiger partial charge on any atom is -0.382 e. The number of hydrogen-bond acceptors (Lipinski definition) is 4. The van der Waals surface area contributed by atoms with E-state index >= 15 is 0 Å². The molecule has 1 heterocycles. The van der Waals surface area contributed by atoms with E-state index in [-0.39, 0.29) is 54.3 Å². The molecule has 0 aliphatic heterocycles. The molecule has 0 saturated heterocycles. The molecule has 1 aromatic heterocycles. The van der Waals surface area contributed by atoms with Gasteiger partial charge in [-0.15, -0.1) is 11.3 Å². The van der Waals surface area contributed by atoms with Crippen LogP contribution >= 0.6 is 11.3 Å². The number of hydrogen-bond donors (Lipinski definition) is 0. The Hall–Kier alpha value is 0.214. The van der Waals surface area contributed by atoms with Crippen LogP contribution in [0.3, 0.4) is 0 Å². The van der Waals surface area contributed by atoms with Crippen molar-refractivity contribution in [2.75, 3.05) is 0 Å². The van der Waals surface area contributed by atoms with E-state index in [2.05, 4.69) is 4.74 Å². The SMILES string of the molecule is O=C(OC(=O)C(F)(F)F)c1cccs1.[Eu+3]. The number of thiophene rings is 1. The fourth-order valence-electron chi connectivity index (χ4n) is 0.587. The molecule has 0 N–H and O–H groups in total. The average molecular weight is 376 g/mol. The number of alkyl halides is 3. The second-order valence-corrected chi connectivity index (χ2v) is 3.10. The van der Waals surface area contributed by atoms with E-state index in [1.165, 1.54) is 17.5 Å². The van der Waals surface area contributed by atoms with Gasteiger partial charge in [0.1, 0.15) is 4.88 Å². The molecule has 0 unspecified atom stereocenters. The first kappa shape index (κ1) is 15.2. The van der Waals surface area contributed by atoms with E-state index in [0.717, 1.165) is 11.3 Å². The Kier molecular flexibility index (Phi) is 6.16. The molecule has 0 aromatic carbocycles. The minimum absolute atomic E-state index is 0. The van der Waals surface area contributed by atoms with Crippen LogP contribution in [-0.4, -0.2) is 18.1 Å². The van der Waals surface area contributed by atoms with Crippen molar-refractivity contribution in [3.8, 4) is 0 Å². The first-order valence-corrected chi connectivity index (χ1v) is 4.16. The monoisotopic (exact) mass is 377 g/mol. The van der Waals surface area contributed by atoms with Crippen LogP contribution in [0.5, 0.6) is 0 Å². The Morgan fingerprint density at radius 1 is 1.33 bits per heavy atom. The van der Waals surface area contributed by atoms with Crippen LogP contribution in [0, 0.1) is 49.4 Å². The quantitative estimate of drug-likeness (QED) is 0.556. The Morgan fingerprint density at radius 3 is 2.33 bits per heavy atom. The minimum atomic E-state index is -5.15. The zero-order valence-electron chi connectivity index (χ0n) is 6.88. The zero-order valence-corrected chi connectivity index (χ0v) is 10.1. The molecule has 15 heavy (non-hydrogen) atoms. The Labute approximate surface area is 127 Å². The van der Waals surface area contributed by atoms with Crippen molar-refractivity contribution >= 4 is 23.3 Å². The van der Waals surface area contributed by atoms with Gasteiger partial charge in [-0.1, -0.05) is 6.07 Å². The van der Waals surface area contributed by atoms with Gasteiger partial charge in [-0.3, -0.25) is 0 Å². The van der Waals surface area contributed by atoms with Gasteiger partial charge in [0.2, 0.25) is 0 Å². The summed E-state index contributed by atoms with van der Waals surface area (Å²) in [7, 11) is 0. The summed E-state index contributed by atoms with van der Waals surface area (Å²) in [6.07, 6.45) is -5.15. The van der Waals surface area contributed by atoms with E-state index in [9.17, 15) is 22.8 Å². The van der Waals surface area contributed by atoms with Crippen molar-refractivity contribution in [2.24, 2.45) is 0 Å². The molecule has 1 aromatic rings. The van der Waals surface area contributed by atoms with Gasteiger partial charge in [0, 0.05) is 0 Å². The molecule has 0 aliphatic carbocycles. The fraction of sp³-hybridized carbons (Fsp3) is 0.143. The molecule has 0 bridgehead atoms. The maximum Gasteiger partial charge on any atom is 3.00 e. The summed E-state index contributed by atoms with van der Waals surface area (Å²) >= 11 is 0.890. The Balaban J connectivity index is 0.00000196. The van der Waals surface area contributed by atoms with Gasteiger partial charge < -0.3 is 4.74 Å². The first-order chi connectivity index (χ1) is 6.41. The molecule has 1 rings (SSSR count). The van der Waals surface area contributed by atoms with Crippen LogP contribution in [-0.2, 0) is 9.53 Å². The van der Waals surface area contributed by atoms with E-state index in [0.29, 0.717) is 0 Å².